The van der Waals surface area contributed by atoms with Crippen molar-refractivity contribution in [2.45, 2.75) is 39.7 Å². The number of rotatable bonds is 6. The van der Waals surface area contributed by atoms with Gasteiger partial charge in [-0.25, -0.2) is 26.5 Å². The highest BCUT2D eigenvalue weighted by Gasteiger charge is 2.39. The van der Waals surface area contributed by atoms with Crippen LogP contribution < -0.4 is 4.72 Å². The number of carbonyl (C=O) groups is 1. The molecule has 1 aromatic heterocycles. The van der Waals surface area contributed by atoms with Gasteiger partial charge in [-0.05, 0) is 43.2 Å². The molecule has 0 radical (unpaired) electrons. The van der Waals surface area contributed by atoms with E-state index in [4.69, 9.17) is 0 Å². The molecule has 192 valence electrons. The van der Waals surface area contributed by atoms with Crippen molar-refractivity contribution in [3.63, 3.8) is 0 Å². The number of piperidine rings is 1. The summed E-state index contributed by atoms with van der Waals surface area (Å²) in [5.74, 6) is -0.310. The summed E-state index contributed by atoms with van der Waals surface area (Å²) >= 11 is 1.26. The predicted molar refractivity (Wildman–Crippen MR) is 125 cm³/mol. The zero-order valence-corrected chi connectivity index (χ0v) is 20.9. The van der Waals surface area contributed by atoms with Crippen molar-refractivity contribution in [3.05, 3.63) is 70.7 Å². The van der Waals surface area contributed by atoms with Crippen molar-refractivity contribution in [1.29, 1.82) is 0 Å². The molecule has 2 aromatic carbocycles. The fraction of sp³-hybridized carbons (Fsp3) is 0.273. The molecule has 1 N–H and O–H groups in total. The monoisotopic (exact) mass is 559 g/mol. The largest absolute Gasteiger partial charge is 0.417 e. The van der Waals surface area contributed by atoms with Crippen LogP contribution in [-0.2, 0) is 26.0 Å². The number of hydrogen-bond acceptors (Lipinski definition) is 7. The highest BCUT2D eigenvalue weighted by atomic mass is 32.2. The van der Waals surface area contributed by atoms with E-state index in [0.29, 0.717) is 12.1 Å². The first kappa shape index (κ1) is 26.3. The molecule has 1 fully saturated rings. The second-order valence-corrected chi connectivity index (χ2v) is 12.4. The molecule has 0 aliphatic carbocycles. The number of sulfone groups is 1. The minimum Gasteiger partial charge on any atom is -0.337 e. The summed E-state index contributed by atoms with van der Waals surface area (Å²) in [5, 5.41) is 1.59. The molecule has 36 heavy (non-hydrogen) atoms. The minimum atomic E-state index is -5.04. The van der Waals surface area contributed by atoms with Crippen molar-refractivity contribution in [2.75, 3.05) is 13.1 Å². The molecule has 4 rings (SSSR count). The number of carbonyl (C=O) groups excluding carboxylic acids is 1. The fourth-order valence-electron chi connectivity index (χ4n) is 3.83. The maximum atomic E-state index is 13.7. The van der Waals surface area contributed by atoms with Crippen LogP contribution in [0, 0.1) is 0 Å². The molecule has 2 heterocycles. The van der Waals surface area contributed by atoms with Gasteiger partial charge in [0, 0.05) is 24.5 Å². The van der Waals surface area contributed by atoms with Crippen molar-refractivity contribution >= 4 is 37.1 Å². The lowest BCUT2D eigenvalue weighted by Crippen LogP contribution is -2.46. The standard InChI is InChI=1S/C22H20F3N3O5S3/c23-22(24,25)18-7-6-17(35(30,31)16-4-2-1-3-5-16)12-20(18)36(32,33)27-15-8-10-28(11-9-15)21(29)19-13-34-14-26-19/h1-7,12-15,27H,8-11H2. The van der Waals surface area contributed by atoms with Gasteiger partial charge in [-0.1, -0.05) is 18.2 Å². The van der Waals surface area contributed by atoms with Gasteiger partial charge in [-0.2, -0.15) is 13.2 Å². The molecular formula is C22H20F3N3O5S3. The van der Waals surface area contributed by atoms with Crippen molar-refractivity contribution in [1.82, 2.24) is 14.6 Å². The Morgan fingerprint density at radius 3 is 2.25 bits per heavy atom. The van der Waals surface area contributed by atoms with E-state index < -0.39 is 47.4 Å². The number of aromatic nitrogens is 1. The number of nitrogens with one attached hydrogen (secondary N) is 1. The van der Waals surface area contributed by atoms with Crippen LogP contribution in [0.15, 0.2) is 74.1 Å². The number of likely N-dealkylation sites (tertiary alicyclic amines) is 1. The molecule has 1 aliphatic heterocycles. The van der Waals surface area contributed by atoms with Gasteiger partial charge in [0.1, 0.15) is 5.69 Å². The van der Waals surface area contributed by atoms with Crippen LogP contribution in [0.2, 0.25) is 0 Å². The fourth-order valence-corrected chi connectivity index (χ4v) is 7.29. The average Bonchev–Trinajstić information content (AvgIpc) is 3.38. The van der Waals surface area contributed by atoms with Gasteiger partial charge in [-0.3, -0.25) is 4.79 Å². The number of amides is 1. The number of benzene rings is 2. The molecular weight excluding hydrogens is 539 g/mol. The van der Waals surface area contributed by atoms with Gasteiger partial charge in [0.05, 0.1) is 25.8 Å². The van der Waals surface area contributed by atoms with Gasteiger partial charge < -0.3 is 4.90 Å². The summed E-state index contributed by atoms with van der Waals surface area (Å²) in [4.78, 5) is 15.9. The second kappa shape index (κ2) is 9.92. The Hall–Kier alpha value is -2.81. The van der Waals surface area contributed by atoms with E-state index in [2.05, 4.69) is 9.71 Å². The molecule has 1 saturated heterocycles. The first-order valence-electron chi connectivity index (χ1n) is 10.6. The van der Waals surface area contributed by atoms with Gasteiger partial charge in [0.2, 0.25) is 19.9 Å². The normalized spacial score (nSPS) is 15.7. The SMILES string of the molecule is O=C(c1cscn1)N1CCC(NS(=O)(=O)c2cc(S(=O)(=O)c3ccccc3)ccc2C(F)(F)F)CC1. The van der Waals surface area contributed by atoms with E-state index in [-0.39, 0.29) is 42.4 Å². The number of thiazole rings is 1. The van der Waals surface area contributed by atoms with Gasteiger partial charge in [0.25, 0.3) is 5.91 Å². The van der Waals surface area contributed by atoms with Crippen LogP contribution in [0.25, 0.3) is 0 Å². The maximum absolute atomic E-state index is 13.7. The summed E-state index contributed by atoms with van der Waals surface area (Å²) in [5.41, 5.74) is 0.307. The van der Waals surface area contributed by atoms with E-state index in [0.717, 1.165) is 6.07 Å². The molecule has 0 atom stereocenters. The van der Waals surface area contributed by atoms with E-state index in [1.54, 1.807) is 11.4 Å². The van der Waals surface area contributed by atoms with Crippen LogP contribution in [-0.4, -0.2) is 51.8 Å². The lowest BCUT2D eigenvalue weighted by atomic mass is 10.1. The average molecular weight is 560 g/mol. The molecule has 0 bridgehead atoms. The highest BCUT2D eigenvalue weighted by molar-refractivity contribution is 7.91. The van der Waals surface area contributed by atoms with Gasteiger partial charge in [-0.15, -0.1) is 11.3 Å². The first-order chi connectivity index (χ1) is 16.9. The topological polar surface area (TPSA) is 114 Å². The molecule has 0 saturated carbocycles. The summed E-state index contributed by atoms with van der Waals surface area (Å²) < 4.78 is 95.4. The molecule has 8 nitrogen and oxygen atoms in total. The van der Waals surface area contributed by atoms with Gasteiger partial charge >= 0.3 is 6.18 Å². The zero-order valence-electron chi connectivity index (χ0n) is 18.5. The third-order valence-electron chi connectivity index (χ3n) is 5.67. The number of halogens is 3. The van der Waals surface area contributed by atoms with Crippen molar-refractivity contribution < 1.29 is 34.8 Å². The molecule has 14 heteroatoms. The van der Waals surface area contributed by atoms with Crippen LogP contribution in [0.1, 0.15) is 28.9 Å². The van der Waals surface area contributed by atoms with E-state index in [9.17, 15) is 34.8 Å². The number of sulfonamides is 1. The van der Waals surface area contributed by atoms with Crippen LogP contribution in [0.4, 0.5) is 13.2 Å². The highest BCUT2D eigenvalue weighted by Crippen LogP contribution is 2.36. The Morgan fingerprint density at radius 1 is 1.00 bits per heavy atom. The number of nitrogens with zero attached hydrogens (tertiary/aromatic N) is 2. The number of alkyl halides is 3. The molecule has 1 amide bonds. The zero-order chi connectivity index (χ0) is 26.1. The van der Waals surface area contributed by atoms with E-state index in [1.165, 1.54) is 46.0 Å². The first-order valence-corrected chi connectivity index (χ1v) is 14.5. The predicted octanol–water partition coefficient (Wildman–Crippen LogP) is 3.58. The van der Waals surface area contributed by atoms with E-state index >= 15 is 0 Å². The Labute approximate surface area is 209 Å². The molecule has 0 spiro atoms. The summed E-state index contributed by atoms with van der Waals surface area (Å²) in [6, 6.07) is 7.98. The Balaban J connectivity index is 1.60. The lowest BCUT2D eigenvalue weighted by molar-refractivity contribution is -0.139. The third kappa shape index (κ3) is 5.45. The van der Waals surface area contributed by atoms with Crippen molar-refractivity contribution in [3.8, 4) is 0 Å². The van der Waals surface area contributed by atoms with Crippen molar-refractivity contribution in [2.24, 2.45) is 0 Å². The van der Waals surface area contributed by atoms with Crippen LogP contribution in [0.3, 0.4) is 0 Å². The Kier molecular flexibility index (Phi) is 7.23. The smallest absolute Gasteiger partial charge is 0.337 e. The maximum Gasteiger partial charge on any atom is 0.417 e. The number of hydrogen-bond donors (Lipinski definition) is 1. The second-order valence-electron chi connectivity index (χ2n) is 8.03. The Bertz CT molecular complexity index is 1450. The quantitative estimate of drug-likeness (QED) is 0.494. The lowest BCUT2D eigenvalue weighted by Gasteiger charge is -2.32. The minimum absolute atomic E-state index is 0.165. The van der Waals surface area contributed by atoms with Crippen LogP contribution >= 0.6 is 11.3 Å². The summed E-state index contributed by atoms with van der Waals surface area (Å²) in [7, 11) is -9.03. The third-order valence-corrected chi connectivity index (χ3v) is 9.58. The van der Waals surface area contributed by atoms with Gasteiger partial charge in [0.15, 0.2) is 0 Å². The van der Waals surface area contributed by atoms with E-state index in [1.807, 2.05) is 0 Å². The molecule has 1 aliphatic rings. The Morgan fingerprint density at radius 2 is 1.67 bits per heavy atom. The molecule has 3 aromatic rings. The van der Waals surface area contributed by atoms with Crippen LogP contribution in [0.5, 0.6) is 0 Å². The summed E-state index contributed by atoms with van der Waals surface area (Å²) in [6.45, 7) is 0.357. The molecule has 0 unspecified atom stereocenters. The summed E-state index contributed by atoms with van der Waals surface area (Å²) in [6.07, 6.45) is -4.71.